The van der Waals surface area contributed by atoms with Gasteiger partial charge >= 0.3 is 0 Å². The van der Waals surface area contributed by atoms with Gasteiger partial charge < -0.3 is 5.32 Å². The van der Waals surface area contributed by atoms with E-state index in [2.05, 4.69) is 15.0 Å². The van der Waals surface area contributed by atoms with Crippen molar-refractivity contribution < 1.29 is 17.6 Å². The molecule has 3 aromatic carbocycles. The molecule has 8 heteroatoms. The molecule has 6 nitrogen and oxygen atoms in total. The lowest BCUT2D eigenvalue weighted by Gasteiger charge is -2.14. The molecule has 1 aliphatic heterocycles. The first-order valence-electron chi connectivity index (χ1n) is 9.45. The van der Waals surface area contributed by atoms with Crippen molar-refractivity contribution in [3.8, 4) is 11.1 Å². The monoisotopic (exact) mass is 433 g/mol. The predicted octanol–water partition coefficient (Wildman–Crippen LogP) is 4.72. The number of rotatable bonds is 4. The number of hydrogen-bond acceptors (Lipinski definition) is 4. The molecule has 154 valence electrons. The number of nitrogens with zero attached hydrogens (tertiary/aromatic N) is 1. The first-order chi connectivity index (χ1) is 14.8. The Bertz CT molecular complexity index is 1500. The van der Waals surface area contributed by atoms with Crippen LogP contribution in [0, 0.1) is 12.7 Å². The number of pyridine rings is 1. The molecule has 1 amide bonds. The summed E-state index contributed by atoms with van der Waals surface area (Å²) >= 11 is 0. The quantitative estimate of drug-likeness (QED) is 0.488. The van der Waals surface area contributed by atoms with Crippen molar-refractivity contribution in [2.75, 3.05) is 10.0 Å². The number of carbonyl (C=O) groups is 1. The van der Waals surface area contributed by atoms with Gasteiger partial charge in [0.15, 0.2) is 0 Å². The maximum absolute atomic E-state index is 13.6. The molecular weight excluding hydrogens is 417 g/mol. The minimum Gasteiger partial charge on any atom is -0.321 e. The van der Waals surface area contributed by atoms with Crippen LogP contribution in [0.4, 0.5) is 15.8 Å². The zero-order valence-corrected chi connectivity index (χ0v) is 17.1. The van der Waals surface area contributed by atoms with E-state index >= 15 is 0 Å². The third-order valence-corrected chi connectivity index (χ3v) is 6.73. The number of halogens is 1. The van der Waals surface area contributed by atoms with Gasteiger partial charge in [0.2, 0.25) is 0 Å². The number of nitrogens with one attached hydrogen (secondary N) is 2. The van der Waals surface area contributed by atoms with Gasteiger partial charge in [-0.05, 0) is 48.4 Å². The molecule has 1 aliphatic rings. The van der Waals surface area contributed by atoms with Crippen LogP contribution in [0.3, 0.4) is 0 Å². The summed E-state index contributed by atoms with van der Waals surface area (Å²) in [5, 5.41) is 3.80. The predicted molar refractivity (Wildman–Crippen MR) is 117 cm³/mol. The molecule has 0 radical (unpaired) electrons. The van der Waals surface area contributed by atoms with Gasteiger partial charge in [-0.3, -0.25) is 14.5 Å². The van der Waals surface area contributed by atoms with Crippen LogP contribution >= 0.6 is 0 Å². The molecule has 0 bridgehead atoms. The summed E-state index contributed by atoms with van der Waals surface area (Å²) in [6.07, 6.45) is 2.62. The van der Waals surface area contributed by atoms with Crippen molar-refractivity contribution in [3.05, 3.63) is 83.9 Å². The van der Waals surface area contributed by atoms with Gasteiger partial charge in [0, 0.05) is 33.8 Å². The molecule has 5 rings (SSSR count). The van der Waals surface area contributed by atoms with Crippen LogP contribution in [0.5, 0.6) is 0 Å². The normalized spacial score (nSPS) is 12.8. The Balaban J connectivity index is 1.59. The van der Waals surface area contributed by atoms with E-state index in [1.807, 2.05) is 0 Å². The van der Waals surface area contributed by atoms with Gasteiger partial charge in [-0.1, -0.05) is 24.3 Å². The molecule has 4 aromatic rings. The lowest BCUT2D eigenvalue weighted by Crippen LogP contribution is -2.14. The fraction of sp³-hybridized carbons (Fsp3) is 0.0435. The van der Waals surface area contributed by atoms with Crippen LogP contribution in [0.1, 0.15) is 15.9 Å². The molecule has 31 heavy (non-hydrogen) atoms. The maximum Gasteiger partial charge on any atom is 0.262 e. The Morgan fingerprint density at radius 3 is 2.65 bits per heavy atom. The fourth-order valence-electron chi connectivity index (χ4n) is 3.78. The minimum atomic E-state index is -3.97. The van der Waals surface area contributed by atoms with Gasteiger partial charge in [0.25, 0.3) is 15.9 Å². The average molecular weight is 433 g/mol. The molecule has 2 heterocycles. The molecule has 0 unspecified atom stereocenters. The van der Waals surface area contributed by atoms with Crippen LogP contribution in [0.2, 0.25) is 0 Å². The van der Waals surface area contributed by atoms with E-state index in [9.17, 15) is 17.6 Å². The highest BCUT2D eigenvalue weighted by molar-refractivity contribution is 7.93. The highest BCUT2D eigenvalue weighted by Crippen LogP contribution is 2.37. The van der Waals surface area contributed by atoms with Crippen LogP contribution in [0.15, 0.2) is 71.9 Å². The molecule has 0 aliphatic carbocycles. The second-order valence-corrected chi connectivity index (χ2v) is 8.97. The largest absolute Gasteiger partial charge is 0.321 e. The summed E-state index contributed by atoms with van der Waals surface area (Å²) in [7, 11) is -3.97. The third kappa shape index (κ3) is 3.21. The number of aryl methyl sites for hydroxylation is 1. The van der Waals surface area contributed by atoms with E-state index in [-0.39, 0.29) is 10.8 Å². The van der Waals surface area contributed by atoms with E-state index < -0.39 is 15.8 Å². The molecule has 0 atom stereocenters. The van der Waals surface area contributed by atoms with Crippen LogP contribution in [-0.2, 0) is 10.0 Å². The van der Waals surface area contributed by atoms with Gasteiger partial charge in [-0.15, -0.1) is 0 Å². The van der Waals surface area contributed by atoms with Crippen LogP contribution in [-0.4, -0.2) is 19.3 Å². The zero-order chi connectivity index (χ0) is 21.8. The van der Waals surface area contributed by atoms with E-state index in [4.69, 9.17) is 0 Å². The number of carbonyl (C=O) groups excluding carboxylic acids is 1. The van der Waals surface area contributed by atoms with E-state index in [1.165, 1.54) is 18.3 Å². The Labute approximate surface area is 177 Å². The maximum atomic E-state index is 13.6. The second-order valence-electron chi connectivity index (χ2n) is 7.32. The van der Waals surface area contributed by atoms with Crippen molar-refractivity contribution >= 4 is 38.1 Å². The van der Waals surface area contributed by atoms with Gasteiger partial charge in [-0.25, -0.2) is 12.8 Å². The summed E-state index contributed by atoms with van der Waals surface area (Å²) in [6.45, 7) is 1.78. The Hall–Kier alpha value is -3.78. The molecule has 1 aromatic heterocycles. The summed E-state index contributed by atoms with van der Waals surface area (Å²) in [5.74, 6) is -0.730. The smallest absolute Gasteiger partial charge is 0.262 e. The number of amides is 1. The standard InChI is InChI=1S/C23H16FN3O3S/c1-13-5-6-14(15-9-16(24)12-25-11-15)10-20(13)27-31(29,30)21-8-7-19-22-17(21)3-2-4-18(22)23(28)26-19/h2-12,27H,1H3,(H,26,28). The fourth-order valence-corrected chi connectivity index (χ4v) is 5.10. The summed E-state index contributed by atoms with van der Waals surface area (Å²) in [4.78, 5) is 16.1. The Morgan fingerprint density at radius 2 is 1.84 bits per heavy atom. The average Bonchev–Trinajstić information content (AvgIpc) is 3.07. The van der Waals surface area contributed by atoms with Gasteiger partial charge in [-0.2, -0.15) is 0 Å². The third-order valence-electron chi connectivity index (χ3n) is 5.30. The van der Waals surface area contributed by atoms with Gasteiger partial charge in [0.05, 0.1) is 16.8 Å². The lowest BCUT2D eigenvalue weighted by molar-refractivity contribution is 0.103. The Kier molecular flexibility index (Phi) is 4.26. The highest BCUT2D eigenvalue weighted by atomic mass is 32.2. The molecule has 0 saturated carbocycles. The molecular formula is C23H16FN3O3S. The van der Waals surface area contributed by atoms with Crippen molar-refractivity contribution in [3.63, 3.8) is 0 Å². The van der Waals surface area contributed by atoms with E-state index in [0.717, 1.165) is 6.20 Å². The van der Waals surface area contributed by atoms with Crippen molar-refractivity contribution in [2.45, 2.75) is 11.8 Å². The first kappa shape index (κ1) is 19.2. The van der Waals surface area contributed by atoms with Crippen LogP contribution in [0.25, 0.3) is 21.9 Å². The zero-order valence-electron chi connectivity index (χ0n) is 16.3. The first-order valence-corrected chi connectivity index (χ1v) is 10.9. The molecule has 0 saturated heterocycles. The number of hydrogen-bond donors (Lipinski definition) is 2. The van der Waals surface area contributed by atoms with E-state index in [1.54, 1.807) is 49.4 Å². The van der Waals surface area contributed by atoms with Crippen LogP contribution < -0.4 is 10.0 Å². The number of anilines is 2. The lowest BCUT2D eigenvalue weighted by atomic mass is 10.0. The minimum absolute atomic E-state index is 0.0711. The summed E-state index contributed by atoms with van der Waals surface area (Å²) < 4.78 is 42.8. The molecule has 0 fully saturated rings. The second kappa shape index (κ2) is 6.88. The highest BCUT2D eigenvalue weighted by Gasteiger charge is 2.26. The van der Waals surface area contributed by atoms with Crippen molar-refractivity contribution in [2.24, 2.45) is 0 Å². The van der Waals surface area contributed by atoms with Crippen molar-refractivity contribution in [1.82, 2.24) is 4.98 Å². The topological polar surface area (TPSA) is 88.2 Å². The number of benzene rings is 3. The molecule has 0 spiro atoms. The number of sulfonamides is 1. The number of aromatic nitrogens is 1. The summed E-state index contributed by atoms with van der Waals surface area (Å²) in [5.41, 5.74) is 3.28. The Morgan fingerprint density at radius 1 is 1.00 bits per heavy atom. The summed E-state index contributed by atoms with van der Waals surface area (Å²) in [6, 6.07) is 14.6. The SMILES string of the molecule is Cc1ccc(-c2cncc(F)c2)cc1NS(=O)(=O)c1ccc2c3c(cccc13)C(=O)N2. The molecule has 2 N–H and O–H groups in total. The van der Waals surface area contributed by atoms with Crippen molar-refractivity contribution in [1.29, 1.82) is 0 Å². The van der Waals surface area contributed by atoms with Gasteiger partial charge in [0.1, 0.15) is 5.82 Å². The van der Waals surface area contributed by atoms with E-state index in [0.29, 0.717) is 44.4 Å².